The maximum atomic E-state index is 12.8. The van der Waals surface area contributed by atoms with Gasteiger partial charge in [-0.2, -0.15) is 0 Å². The van der Waals surface area contributed by atoms with Crippen LogP contribution in [0.25, 0.3) is 6.08 Å². The number of carbonyl (C=O) groups excluding carboxylic acids is 1. The molecule has 0 aliphatic carbocycles. The molecule has 4 rings (SSSR count). The maximum Gasteiger partial charge on any atom is 0.266 e. The number of nitrogens with zero attached hydrogens (tertiary/aromatic N) is 1. The van der Waals surface area contributed by atoms with Crippen LogP contribution in [0.15, 0.2) is 81.1 Å². The third kappa shape index (κ3) is 5.14. The first-order valence-corrected chi connectivity index (χ1v) is 11.4. The molecular formula is C22H16ClNO2S3. The second kappa shape index (κ2) is 9.22. The Hall–Kier alpha value is -1.99. The summed E-state index contributed by atoms with van der Waals surface area (Å²) in [5.41, 5.74) is 2.21. The van der Waals surface area contributed by atoms with Crippen LogP contribution >= 0.6 is 47.3 Å². The maximum absolute atomic E-state index is 12.8. The van der Waals surface area contributed by atoms with Crippen molar-refractivity contribution in [1.82, 2.24) is 4.90 Å². The first kappa shape index (κ1) is 20.3. The lowest BCUT2D eigenvalue weighted by molar-refractivity contribution is -0.122. The number of benzene rings is 2. The Kier molecular flexibility index (Phi) is 6.45. The van der Waals surface area contributed by atoms with Gasteiger partial charge in [-0.3, -0.25) is 9.69 Å². The predicted octanol–water partition coefficient (Wildman–Crippen LogP) is 6.63. The number of rotatable bonds is 6. The fraction of sp³-hybridized carbons (Fsp3) is 0.0909. The van der Waals surface area contributed by atoms with E-state index in [0.29, 0.717) is 21.5 Å². The van der Waals surface area contributed by atoms with Crippen LogP contribution in [0.2, 0.25) is 5.02 Å². The predicted molar refractivity (Wildman–Crippen MR) is 125 cm³/mol. The van der Waals surface area contributed by atoms with E-state index in [2.05, 4.69) is 0 Å². The quantitative estimate of drug-likeness (QED) is 0.236. The summed E-state index contributed by atoms with van der Waals surface area (Å²) in [5, 5.41) is 1.52. The lowest BCUT2D eigenvalue weighted by Gasteiger charge is -2.14. The number of amides is 1. The molecule has 1 saturated heterocycles. The van der Waals surface area contributed by atoms with E-state index < -0.39 is 0 Å². The summed E-state index contributed by atoms with van der Waals surface area (Å²) in [6, 6.07) is 21.4. The Labute approximate surface area is 188 Å². The normalized spacial score (nSPS) is 15.5. The highest BCUT2D eigenvalue weighted by Crippen LogP contribution is 2.34. The number of furan rings is 1. The molecule has 29 heavy (non-hydrogen) atoms. The van der Waals surface area contributed by atoms with Crippen LogP contribution in [0, 0.1) is 0 Å². The van der Waals surface area contributed by atoms with Crippen molar-refractivity contribution in [2.45, 2.75) is 17.4 Å². The molecule has 0 atom stereocenters. The van der Waals surface area contributed by atoms with Gasteiger partial charge in [-0.1, -0.05) is 89.8 Å². The fourth-order valence-electron chi connectivity index (χ4n) is 2.76. The smallest absolute Gasteiger partial charge is 0.266 e. The minimum Gasteiger partial charge on any atom is -0.450 e. The summed E-state index contributed by atoms with van der Waals surface area (Å²) in [5.74, 6) is 1.34. The number of thiocarbonyl (C=S) groups is 1. The highest BCUT2D eigenvalue weighted by molar-refractivity contribution is 8.26. The lowest BCUT2D eigenvalue weighted by atomic mass is 10.2. The Morgan fingerprint density at radius 3 is 2.55 bits per heavy atom. The Morgan fingerprint density at radius 1 is 1.03 bits per heavy atom. The van der Waals surface area contributed by atoms with E-state index in [1.807, 2.05) is 66.7 Å². The standard InChI is InChI=1S/C22H16ClNO2S3/c23-17-8-6-16(7-9-17)14-28-20-11-10-18(26-20)12-19-21(25)24(22(27)29-19)13-15-4-2-1-3-5-15/h1-12H,13-14H2/b19-12-. The van der Waals surface area contributed by atoms with Crippen LogP contribution < -0.4 is 0 Å². The van der Waals surface area contributed by atoms with Gasteiger partial charge in [0.25, 0.3) is 5.91 Å². The second-order valence-electron chi connectivity index (χ2n) is 6.33. The largest absolute Gasteiger partial charge is 0.450 e. The van der Waals surface area contributed by atoms with Crippen LogP contribution in [0.5, 0.6) is 0 Å². The third-order valence-corrected chi connectivity index (χ3v) is 6.84. The van der Waals surface area contributed by atoms with E-state index >= 15 is 0 Å². The van der Waals surface area contributed by atoms with Gasteiger partial charge >= 0.3 is 0 Å². The van der Waals surface area contributed by atoms with Gasteiger partial charge in [0.15, 0.2) is 5.09 Å². The number of halogens is 1. The topological polar surface area (TPSA) is 33.5 Å². The van der Waals surface area contributed by atoms with Crippen molar-refractivity contribution >= 4 is 63.6 Å². The zero-order valence-corrected chi connectivity index (χ0v) is 18.4. The van der Waals surface area contributed by atoms with Gasteiger partial charge in [0.05, 0.1) is 11.4 Å². The third-order valence-electron chi connectivity index (χ3n) is 4.23. The SMILES string of the molecule is O=C1/C(=C/c2ccc(SCc3ccc(Cl)cc3)o2)SC(=S)N1Cc1ccccc1. The molecule has 0 saturated carbocycles. The lowest BCUT2D eigenvalue weighted by Crippen LogP contribution is -2.27. The molecule has 2 heterocycles. The molecule has 0 bridgehead atoms. The van der Waals surface area contributed by atoms with Crippen molar-refractivity contribution < 1.29 is 9.21 Å². The Bertz CT molecular complexity index is 1060. The highest BCUT2D eigenvalue weighted by atomic mass is 35.5. The summed E-state index contributed by atoms with van der Waals surface area (Å²) >= 11 is 14.2. The van der Waals surface area contributed by atoms with Crippen molar-refractivity contribution in [3.05, 3.63) is 93.5 Å². The summed E-state index contributed by atoms with van der Waals surface area (Å²) in [4.78, 5) is 15.0. The molecule has 0 spiro atoms. The van der Waals surface area contributed by atoms with Crippen molar-refractivity contribution in [2.75, 3.05) is 0 Å². The van der Waals surface area contributed by atoms with Crippen molar-refractivity contribution in [3.8, 4) is 0 Å². The molecule has 0 radical (unpaired) electrons. The van der Waals surface area contributed by atoms with Crippen LogP contribution in [-0.4, -0.2) is 15.1 Å². The molecular weight excluding hydrogens is 442 g/mol. The minimum absolute atomic E-state index is 0.0874. The molecule has 1 aliphatic rings. The van der Waals surface area contributed by atoms with Crippen molar-refractivity contribution in [3.63, 3.8) is 0 Å². The van der Waals surface area contributed by atoms with Crippen molar-refractivity contribution in [2.24, 2.45) is 0 Å². The summed E-state index contributed by atoms with van der Waals surface area (Å²) in [7, 11) is 0. The molecule has 1 aromatic heterocycles. The number of hydrogen-bond acceptors (Lipinski definition) is 5. The van der Waals surface area contributed by atoms with Gasteiger partial charge in [0.1, 0.15) is 10.1 Å². The van der Waals surface area contributed by atoms with Gasteiger partial charge < -0.3 is 4.42 Å². The van der Waals surface area contributed by atoms with Gasteiger partial charge in [-0.15, -0.1) is 0 Å². The molecule has 1 amide bonds. The minimum atomic E-state index is -0.0874. The van der Waals surface area contributed by atoms with Crippen LogP contribution in [0.3, 0.4) is 0 Å². The van der Waals surface area contributed by atoms with E-state index in [4.69, 9.17) is 28.2 Å². The van der Waals surface area contributed by atoms with Gasteiger partial charge in [0.2, 0.25) is 0 Å². The van der Waals surface area contributed by atoms with Gasteiger partial charge in [0, 0.05) is 16.9 Å². The zero-order valence-electron chi connectivity index (χ0n) is 15.2. The highest BCUT2D eigenvalue weighted by Gasteiger charge is 2.32. The molecule has 1 fully saturated rings. The number of carbonyl (C=O) groups is 1. The van der Waals surface area contributed by atoms with Gasteiger partial charge in [-0.25, -0.2) is 0 Å². The molecule has 3 aromatic rings. The average Bonchev–Trinajstić information content (AvgIpc) is 3.28. The molecule has 3 nitrogen and oxygen atoms in total. The first-order chi connectivity index (χ1) is 14.1. The van der Waals surface area contributed by atoms with Crippen LogP contribution in [-0.2, 0) is 17.1 Å². The molecule has 1 aliphatic heterocycles. The van der Waals surface area contributed by atoms with E-state index in [9.17, 15) is 4.79 Å². The van der Waals surface area contributed by atoms with E-state index in [1.54, 1.807) is 22.7 Å². The number of hydrogen-bond donors (Lipinski definition) is 0. The van der Waals surface area contributed by atoms with Crippen LogP contribution in [0.4, 0.5) is 0 Å². The average molecular weight is 458 g/mol. The Morgan fingerprint density at radius 2 is 1.79 bits per heavy atom. The zero-order chi connectivity index (χ0) is 20.2. The molecule has 2 aromatic carbocycles. The molecule has 0 unspecified atom stereocenters. The van der Waals surface area contributed by atoms with Crippen molar-refractivity contribution in [1.29, 1.82) is 0 Å². The number of thioether (sulfide) groups is 2. The van der Waals surface area contributed by atoms with Crippen LogP contribution in [0.1, 0.15) is 16.9 Å². The summed E-state index contributed by atoms with van der Waals surface area (Å²) in [6.07, 6.45) is 1.76. The second-order valence-corrected chi connectivity index (χ2v) is 9.42. The first-order valence-electron chi connectivity index (χ1n) is 8.85. The molecule has 0 N–H and O–H groups in total. The monoisotopic (exact) mass is 457 g/mol. The van der Waals surface area contributed by atoms with E-state index in [0.717, 1.165) is 21.4 Å². The Balaban J connectivity index is 1.41. The fourth-order valence-corrected chi connectivity index (χ4v) is 4.94. The van der Waals surface area contributed by atoms with E-state index in [-0.39, 0.29) is 5.91 Å². The summed E-state index contributed by atoms with van der Waals surface area (Å²) in [6.45, 7) is 0.475. The van der Waals surface area contributed by atoms with E-state index in [1.165, 1.54) is 17.3 Å². The summed E-state index contributed by atoms with van der Waals surface area (Å²) < 4.78 is 6.43. The molecule has 146 valence electrons. The molecule has 7 heteroatoms. The van der Waals surface area contributed by atoms with Gasteiger partial charge in [-0.05, 0) is 35.4 Å².